The van der Waals surface area contributed by atoms with Gasteiger partial charge in [-0.1, -0.05) is 25.1 Å². The number of carbonyl (C=O) groups is 1. The molecule has 0 aliphatic carbocycles. The molecule has 1 atom stereocenters. The average molecular weight is 554 g/mol. The summed E-state index contributed by atoms with van der Waals surface area (Å²) in [5.41, 5.74) is 2.58. The predicted octanol–water partition coefficient (Wildman–Crippen LogP) is 4.41. The number of amides is 1. The van der Waals surface area contributed by atoms with Crippen LogP contribution in [0.1, 0.15) is 54.5 Å². The summed E-state index contributed by atoms with van der Waals surface area (Å²) in [6.45, 7) is 8.33. The molecule has 0 spiro atoms. The Bertz CT molecular complexity index is 915. The number of benzene rings is 1. The first kappa shape index (κ1) is 24.0. The molecule has 3 heterocycles. The molecular weight excluding hydrogens is 521 g/mol. The highest BCUT2D eigenvalue weighted by molar-refractivity contribution is 14.0. The van der Waals surface area contributed by atoms with E-state index in [1.807, 2.05) is 11.1 Å². The summed E-state index contributed by atoms with van der Waals surface area (Å²) < 4.78 is 0. The summed E-state index contributed by atoms with van der Waals surface area (Å²) in [5.74, 6) is 1.63. The van der Waals surface area contributed by atoms with Crippen molar-refractivity contribution in [2.75, 3.05) is 31.1 Å². The Hall–Kier alpha value is -1.68. The third-order valence-corrected chi connectivity index (χ3v) is 7.02. The molecule has 6 nitrogen and oxygen atoms in total. The minimum Gasteiger partial charge on any atom is -0.356 e. The number of aliphatic imine (C=N–C) groups is 1. The fourth-order valence-corrected chi connectivity index (χ4v) is 5.10. The Morgan fingerprint density at radius 1 is 1.32 bits per heavy atom. The Morgan fingerprint density at radius 3 is 2.87 bits per heavy atom. The van der Waals surface area contributed by atoms with E-state index in [2.05, 4.69) is 53.3 Å². The van der Waals surface area contributed by atoms with E-state index in [0.29, 0.717) is 24.8 Å². The molecule has 2 aromatic rings. The van der Waals surface area contributed by atoms with Crippen molar-refractivity contribution in [3.8, 4) is 0 Å². The Kier molecular flexibility index (Phi) is 8.71. The van der Waals surface area contributed by atoms with Gasteiger partial charge in [-0.25, -0.2) is 9.98 Å². The average Bonchev–Trinajstić information content (AvgIpc) is 3.48. The largest absolute Gasteiger partial charge is 0.356 e. The number of thiazole rings is 1. The molecule has 1 amide bonds. The van der Waals surface area contributed by atoms with Gasteiger partial charge in [0, 0.05) is 55.3 Å². The minimum absolute atomic E-state index is 0. The highest BCUT2D eigenvalue weighted by Crippen LogP contribution is 2.38. The standard InChI is InChI=1S/C23H31N5OS.HI/c1-3-18-14-25-21(30-18)15-26-23(24-4-2)28-16-17(19-8-5-6-9-20(19)28)11-13-27-12-7-10-22(27)29;/h5-6,8-9,14,17H,3-4,7,10-13,15-16H2,1-2H3,(H,24,26);1H. The van der Waals surface area contributed by atoms with E-state index in [4.69, 9.17) is 4.99 Å². The third-order valence-electron chi connectivity index (χ3n) is 5.89. The monoisotopic (exact) mass is 553 g/mol. The molecule has 0 saturated carbocycles. The molecule has 168 valence electrons. The molecule has 1 aromatic carbocycles. The van der Waals surface area contributed by atoms with Gasteiger partial charge in [0.15, 0.2) is 5.96 Å². The maximum Gasteiger partial charge on any atom is 0.222 e. The molecule has 2 aliphatic rings. The molecule has 1 N–H and O–H groups in total. The van der Waals surface area contributed by atoms with Gasteiger partial charge in [0.25, 0.3) is 0 Å². The Labute approximate surface area is 206 Å². The number of hydrogen-bond donors (Lipinski definition) is 1. The van der Waals surface area contributed by atoms with E-state index in [1.54, 1.807) is 11.3 Å². The van der Waals surface area contributed by atoms with Crippen LogP contribution in [0.2, 0.25) is 0 Å². The van der Waals surface area contributed by atoms with E-state index in [9.17, 15) is 4.79 Å². The topological polar surface area (TPSA) is 60.8 Å². The van der Waals surface area contributed by atoms with Crippen molar-refractivity contribution < 1.29 is 4.79 Å². The molecule has 0 bridgehead atoms. The molecule has 2 aliphatic heterocycles. The third kappa shape index (κ3) is 5.58. The van der Waals surface area contributed by atoms with Gasteiger partial charge in [-0.05, 0) is 37.8 Å². The van der Waals surface area contributed by atoms with E-state index < -0.39 is 0 Å². The number of likely N-dealkylation sites (tertiary alicyclic amines) is 1. The molecule has 31 heavy (non-hydrogen) atoms. The SMILES string of the molecule is CCNC(=NCc1ncc(CC)s1)N1CC(CCN2CCCC2=O)c2ccccc21.I. The van der Waals surface area contributed by atoms with Crippen LogP contribution in [0, 0.1) is 0 Å². The minimum atomic E-state index is 0. The second-order valence-electron chi connectivity index (χ2n) is 7.88. The first-order chi connectivity index (χ1) is 14.7. The Balaban J connectivity index is 0.00000272. The number of para-hydroxylation sites is 1. The van der Waals surface area contributed by atoms with Crippen molar-refractivity contribution in [3.63, 3.8) is 0 Å². The molecule has 1 unspecified atom stereocenters. The van der Waals surface area contributed by atoms with Gasteiger partial charge in [-0.15, -0.1) is 35.3 Å². The van der Waals surface area contributed by atoms with Crippen LogP contribution in [0.4, 0.5) is 5.69 Å². The van der Waals surface area contributed by atoms with Gasteiger partial charge in [0.2, 0.25) is 5.91 Å². The highest BCUT2D eigenvalue weighted by atomic mass is 127. The fourth-order valence-electron chi connectivity index (χ4n) is 4.32. The first-order valence-corrected chi connectivity index (χ1v) is 11.9. The lowest BCUT2D eigenvalue weighted by atomic mass is 9.98. The summed E-state index contributed by atoms with van der Waals surface area (Å²) in [6, 6.07) is 8.61. The number of nitrogens with zero attached hydrogens (tertiary/aromatic N) is 4. The van der Waals surface area contributed by atoms with Gasteiger partial charge in [0.1, 0.15) is 5.01 Å². The molecule has 8 heteroatoms. The molecule has 1 aromatic heterocycles. The zero-order valence-electron chi connectivity index (χ0n) is 18.3. The van der Waals surface area contributed by atoms with Crippen molar-refractivity contribution in [1.29, 1.82) is 0 Å². The van der Waals surface area contributed by atoms with Gasteiger partial charge in [-0.3, -0.25) is 4.79 Å². The number of rotatable bonds is 7. The van der Waals surface area contributed by atoms with Crippen molar-refractivity contribution in [3.05, 3.63) is 45.9 Å². The van der Waals surface area contributed by atoms with Crippen LogP contribution in [0.3, 0.4) is 0 Å². The predicted molar refractivity (Wildman–Crippen MR) is 139 cm³/mol. The van der Waals surface area contributed by atoms with E-state index in [-0.39, 0.29) is 24.0 Å². The molecule has 1 fully saturated rings. The quantitative estimate of drug-likeness (QED) is 0.314. The van der Waals surface area contributed by atoms with E-state index in [1.165, 1.54) is 16.1 Å². The summed E-state index contributed by atoms with van der Waals surface area (Å²) in [5, 5.41) is 4.52. The van der Waals surface area contributed by atoms with Crippen molar-refractivity contribution in [2.24, 2.45) is 4.99 Å². The number of carbonyl (C=O) groups excluding carboxylic acids is 1. The second-order valence-corrected chi connectivity index (χ2v) is 9.08. The zero-order valence-corrected chi connectivity index (χ0v) is 21.5. The van der Waals surface area contributed by atoms with Gasteiger partial charge >= 0.3 is 0 Å². The maximum absolute atomic E-state index is 12.0. The van der Waals surface area contributed by atoms with Crippen molar-refractivity contribution in [1.82, 2.24) is 15.2 Å². The lowest BCUT2D eigenvalue weighted by Gasteiger charge is -2.23. The number of anilines is 1. The van der Waals surface area contributed by atoms with Crippen LogP contribution >= 0.6 is 35.3 Å². The molecular formula is C23H32IN5OS. The van der Waals surface area contributed by atoms with Gasteiger partial charge in [0.05, 0.1) is 6.54 Å². The van der Waals surface area contributed by atoms with Crippen LogP contribution in [0.5, 0.6) is 0 Å². The van der Waals surface area contributed by atoms with E-state index >= 15 is 0 Å². The van der Waals surface area contributed by atoms with Crippen molar-refractivity contribution >= 4 is 52.9 Å². The maximum atomic E-state index is 12.0. The van der Waals surface area contributed by atoms with E-state index in [0.717, 1.165) is 56.4 Å². The number of aryl methyl sites for hydroxylation is 1. The number of hydrogen-bond acceptors (Lipinski definition) is 4. The normalized spacial score (nSPS) is 18.3. The summed E-state index contributed by atoms with van der Waals surface area (Å²) in [4.78, 5) is 27.1. The van der Waals surface area contributed by atoms with Crippen molar-refractivity contribution in [2.45, 2.75) is 52.0 Å². The second kappa shape index (κ2) is 11.3. The van der Waals surface area contributed by atoms with Crippen LogP contribution in [-0.2, 0) is 17.8 Å². The smallest absolute Gasteiger partial charge is 0.222 e. The van der Waals surface area contributed by atoms with Crippen LogP contribution in [-0.4, -0.2) is 47.9 Å². The summed E-state index contributed by atoms with van der Waals surface area (Å²) in [6.07, 6.45) is 5.68. The highest BCUT2D eigenvalue weighted by Gasteiger charge is 2.32. The fraction of sp³-hybridized carbons (Fsp3) is 0.522. The molecule has 1 saturated heterocycles. The number of nitrogens with one attached hydrogen (secondary N) is 1. The lowest BCUT2D eigenvalue weighted by Crippen LogP contribution is -2.41. The summed E-state index contributed by atoms with van der Waals surface area (Å²) >= 11 is 1.74. The van der Waals surface area contributed by atoms with Crippen LogP contribution < -0.4 is 10.2 Å². The first-order valence-electron chi connectivity index (χ1n) is 11.1. The molecule has 0 radical (unpaired) electrons. The number of halogens is 1. The molecule has 4 rings (SSSR count). The van der Waals surface area contributed by atoms with Crippen LogP contribution in [0.15, 0.2) is 35.5 Å². The number of fused-ring (bicyclic) bond motifs is 1. The lowest BCUT2D eigenvalue weighted by molar-refractivity contribution is -0.127. The van der Waals surface area contributed by atoms with Gasteiger partial charge < -0.3 is 15.1 Å². The summed E-state index contributed by atoms with van der Waals surface area (Å²) in [7, 11) is 0. The zero-order chi connectivity index (χ0) is 20.9. The van der Waals surface area contributed by atoms with Crippen LogP contribution in [0.25, 0.3) is 0 Å². The Morgan fingerprint density at radius 2 is 2.16 bits per heavy atom. The van der Waals surface area contributed by atoms with Gasteiger partial charge in [-0.2, -0.15) is 0 Å². The number of aromatic nitrogens is 1. The number of guanidine groups is 1.